The average Bonchev–Trinajstić information content (AvgIpc) is 3.09. The molecule has 2 N–H and O–H groups in total. The van der Waals surface area contributed by atoms with E-state index in [9.17, 15) is 18.0 Å². The largest absolute Gasteiger partial charge is 0.354 e. The molecule has 2 heterocycles. The van der Waals surface area contributed by atoms with Crippen LogP contribution in [0, 0.1) is 5.92 Å². The molecule has 140 valence electrons. The second-order valence-electron chi connectivity index (χ2n) is 6.28. The van der Waals surface area contributed by atoms with Crippen LogP contribution < -0.4 is 10.6 Å². The van der Waals surface area contributed by atoms with E-state index in [0.717, 1.165) is 30.6 Å². The number of rotatable bonds is 7. The summed E-state index contributed by atoms with van der Waals surface area (Å²) in [7, 11) is -3.64. The first-order chi connectivity index (χ1) is 11.8. The summed E-state index contributed by atoms with van der Waals surface area (Å²) >= 11 is 1.11. The van der Waals surface area contributed by atoms with Crippen LogP contribution in [0.3, 0.4) is 0 Å². The fourth-order valence-corrected chi connectivity index (χ4v) is 5.39. The monoisotopic (exact) mass is 387 g/mol. The van der Waals surface area contributed by atoms with Crippen molar-refractivity contribution in [2.45, 2.75) is 38.0 Å². The fourth-order valence-electron chi connectivity index (χ4n) is 2.56. The van der Waals surface area contributed by atoms with Crippen LogP contribution in [0.5, 0.6) is 0 Å². The molecular weight excluding hydrogens is 362 g/mol. The van der Waals surface area contributed by atoms with Crippen molar-refractivity contribution < 1.29 is 18.0 Å². The van der Waals surface area contributed by atoms with E-state index in [1.54, 1.807) is 19.2 Å². The number of nitrogens with zero attached hydrogens (tertiary/aromatic N) is 1. The maximum atomic E-state index is 12.8. The lowest BCUT2D eigenvalue weighted by Crippen LogP contribution is -2.38. The smallest absolute Gasteiger partial charge is 0.262 e. The molecule has 9 heteroatoms. The highest BCUT2D eigenvalue weighted by atomic mass is 32.2. The molecule has 0 bridgehead atoms. The van der Waals surface area contributed by atoms with Gasteiger partial charge >= 0.3 is 0 Å². The van der Waals surface area contributed by atoms with Crippen LogP contribution in [0.25, 0.3) is 0 Å². The quantitative estimate of drug-likeness (QED) is 0.692. The molecular formula is C16H25N3O4S2. The average molecular weight is 388 g/mol. The summed E-state index contributed by atoms with van der Waals surface area (Å²) in [6.45, 7) is 5.14. The van der Waals surface area contributed by atoms with Crippen molar-refractivity contribution in [2.75, 3.05) is 26.2 Å². The summed E-state index contributed by atoms with van der Waals surface area (Å²) in [4.78, 5) is 24.1. The van der Waals surface area contributed by atoms with E-state index in [1.165, 1.54) is 10.4 Å². The van der Waals surface area contributed by atoms with Gasteiger partial charge in [0.15, 0.2) is 0 Å². The number of carbonyl (C=O) groups is 2. The second kappa shape index (κ2) is 8.77. The van der Waals surface area contributed by atoms with Gasteiger partial charge in [-0.1, -0.05) is 20.3 Å². The Morgan fingerprint density at radius 1 is 1.16 bits per heavy atom. The third-order valence-electron chi connectivity index (χ3n) is 4.00. The van der Waals surface area contributed by atoms with Crippen LogP contribution >= 0.6 is 11.3 Å². The number of hydrogen-bond donors (Lipinski definition) is 2. The van der Waals surface area contributed by atoms with E-state index >= 15 is 0 Å². The minimum atomic E-state index is -3.64. The van der Waals surface area contributed by atoms with Gasteiger partial charge in [-0.3, -0.25) is 9.59 Å². The molecule has 1 fully saturated rings. The van der Waals surface area contributed by atoms with Crippen molar-refractivity contribution in [2.24, 2.45) is 5.92 Å². The third kappa shape index (κ3) is 5.02. The summed E-state index contributed by atoms with van der Waals surface area (Å²) in [5.74, 6) is -0.627. The van der Waals surface area contributed by atoms with Crippen LogP contribution in [0.4, 0.5) is 0 Å². The van der Waals surface area contributed by atoms with Crippen LogP contribution in [-0.2, 0) is 14.8 Å². The molecule has 0 atom stereocenters. The van der Waals surface area contributed by atoms with Gasteiger partial charge in [-0.05, 0) is 24.3 Å². The van der Waals surface area contributed by atoms with Crippen molar-refractivity contribution in [1.29, 1.82) is 0 Å². The summed E-state index contributed by atoms with van der Waals surface area (Å²) in [5.41, 5.74) is 0. The van der Waals surface area contributed by atoms with E-state index in [0.29, 0.717) is 19.6 Å². The second-order valence-corrected chi connectivity index (χ2v) is 9.10. The van der Waals surface area contributed by atoms with Crippen molar-refractivity contribution in [3.63, 3.8) is 0 Å². The molecule has 0 spiro atoms. The van der Waals surface area contributed by atoms with Crippen molar-refractivity contribution >= 4 is 33.2 Å². The molecule has 1 aromatic heterocycles. The van der Waals surface area contributed by atoms with E-state index in [2.05, 4.69) is 10.6 Å². The summed E-state index contributed by atoms with van der Waals surface area (Å²) in [6.07, 6.45) is 2.73. The zero-order valence-corrected chi connectivity index (χ0v) is 16.2. The molecule has 7 nitrogen and oxygen atoms in total. The number of carbonyl (C=O) groups excluding carboxylic acids is 2. The van der Waals surface area contributed by atoms with Crippen molar-refractivity contribution in [3.05, 3.63) is 16.3 Å². The molecule has 0 aliphatic carbocycles. The van der Waals surface area contributed by atoms with Gasteiger partial charge < -0.3 is 10.6 Å². The molecule has 1 aliphatic rings. The number of piperidine rings is 1. The summed E-state index contributed by atoms with van der Waals surface area (Å²) in [6, 6.07) is 1.49. The normalized spacial score (nSPS) is 16.0. The van der Waals surface area contributed by atoms with Gasteiger partial charge in [0.05, 0.1) is 0 Å². The molecule has 2 amide bonds. The Balaban J connectivity index is 1.98. The SMILES string of the molecule is CC(C)C(=O)NCCNC(=O)c1sccc1S(=O)(=O)N1CCCCC1. The number of nitrogens with one attached hydrogen (secondary N) is 2. The first kappa shape index (κ1) is 19.9. The summed E-state index contributed by atoms with van der Waals surface area (Å²) < 4.78 is 27.0. The molecule has 2 rings (SSSR count). The van der Waals surface area contributed by atoms with Gasteiger partial charge in [0.2, 0.25) is 15.9 Å². The minimum absolute atomic E-state index is 0.0723. The van der Waals surface area contributed by atoms with Gasteiger partial charge in [-0.25, -0.2) is 8.42 Å². The topological polar surface area (TPSA) is 95.6 Å². The zero-order chi connectivity index (χ0) is 18.4. The highest BCUT2D eigenvalue weighted by molar-refractivity contribution is 7.89. The lowest BCUT2D eigenvalue weighted by molar-refractivity contribution is -0.123. The van der Waals surface area contributed by atoms with Crippen molar-refractivity contribution in [3.8, 4) is 0 Å². The van der Waals surface area contributed by atoms with Crippen LogP contribution in [0.1, 0.15) is 42.8 Å². The Kier molecular flexibility index (Phi) is 6.97. The third-order valence-corrected chi connectivity index (χ3v) is 6.99. The van der Waals surface area contributed by atoms with E-state index < -0.39 is 15.9 Å². The predicted molar refractivity (Wildman–Crippen MR) is 97.1 cm³/mol. The Hall–Kier alpha value is -1.45. The van der Waals surface area contributed by atoms with Gasteiger partial charge in [0.1, 0.15) is 9.77 Å². The summed E-state index contributed by atoms with van der Waals surface area (Å²) in [5, 5.41) is 6.99. The Bertz CT molecular complexity index is 707. The zero-order valence-electron chi connectivity index (χ0n) is 14.6. The molecule has 1 aromatic rings. The Morgan fingerprint density at radius 3 is 2.44 bits per heavy atom. The molecule has 0 saturated carbocycles. The number of amides is 2. The van der Waals surface area contributed by atoms with E-state index in [4.69, 9.17) is 0 Å². The molecule has 0 unspecified atom stereocenters. The number of hydrogen-bond acceptors (Lipinski definition) is 5. The maximum absolute atomic E-state index is 12.8. The molecule has 0 aromatic carbocycles. The van der Waals surface area contributed by atoms with Crippen LogP contribution in [0.15, 0.2) is 16.3 Å². The van der Waals surface area contributed by atoms with E-state index in [1.807, 2.05) is 0 Å². The van der Waals surface area contributed by atoms with Crippen LogP contribution in [0.2, 0.25) is 0 Å². The fraction of sp³-hybridized carbons (Fsp3) is 0.625. The number of sulfonamides is 1. The minimum Gasteiger partial charge on any atom is -0.354 e. The highest BCUT2D eigenvalue weighted by Gasteiger charge is 2.30. The van der Waals surface area contributed by atoms with Gasteiger partial charge in [-0.2, -0.15) is 4.31 Å². The van der Waals surface area contributed by atoms with Gasteiger partial charge in [0, 0.05) is 32.1 Å². The lowest BCUT2D eigenvalue weighted by atomic mass is 10.2. The Labute approximate surface area is 152 Å². The van der Waals surface area contributed by atoms with Crippen LogP contribution in [-0.4, -0.2) is 50.7 Å². The maximum Gasteiger partial charge on any atom is 0.262 e. The van der Waals surface area contributed by atoms with Gasteiger partial charge in [0.25, 0.3) is 5.91 Å². The van der Waals surface area contributed by atoms with Gasteiger partial charge in [-0.15, -0.1) is 11.3 Å². The van der Waals surface area contributed by atoms with Crippen molar-refractivity contribution in [1.82, 2.24) is 14.9 Å². The first-order valence-corrected chi connectivity index (χ1v) is 10.8. The Morgan fingerprint density at radius 2 is 1.80 bits per heavy atom. The first-order valence-electron chi connectivity index (χ1n) is 8.47. The molecule has 1 saturated heterocycles. The molecule has 25 heavy (non-hydrogen) atoms. The molecule has 1 aliphatic heterocycles. The molecule has 0 radical (unpaired) electrons. The standard InChI is InChI=1S/C16H25N3O4S2/c1-12(2)15(20)17-7-8-18-16(21)14-13(6-11-24-14)25(22,23)19-9-4-3-5-10-19/h6,11-12H,3-5,7-10H2,1-2H3,(H,17,20)(H,18,21). The lowest BCUT2D eigenvalue weighted by Gasteiger charge is -2.25. The predicted octanol–water partition coefficient (Wildman–Crippen LogP) is 1.42. The van der Waals surface area contributed by atoms with E-state index in [-0.39, 0.29) is 28.1 Å². The number of thiophene rings is 1. The highest BCUT2D eigenvalue weighted by Crippen LogP contribution is 2.27.